The largest absolute Gasteiger partial charge is 1.00 e. The van der Waals surface area contributed by atoms with Crippen molar-refractivity contribution < 1.29 is 57.1 Å². The third kappa shape index (κ3) is 5.50. The molecular formula is C34H40I2N4. The Morgan fingerprint density at radius 2 is 0.875 bits per heavy atom. The van der Waals surface area contributed by atoms with E-state index in [0.29, 0.717) is 0 Å². The summed E-state index contributed by atoms with van der Waals surface area (Å²) in [4.78, 5) is 0. The lowest BCUT2D eigenvalue weighted by molar-refractivity contribution is -0.676. The lowest BCUT2D eigenvalue weighted by Gasteiger charge is -2.09. The average molecular weight is 759 g/mol. The van der Waals surface area contributed by atoms with Crippen LogP contribution in [-0.4, -0.2) is 9.13 Å². The highest BCUT2D eigenvalue weighted by Crippen LogP contribution is 2.31. The van der Waals surface area contributed by atoms with Crippen molar-refractivity contribution in [1.82, 2.24) is 9.13 Å². The summed E-state index contributed by atoms with van der Waals surface area (Å²) in [6.45, 7) is 6.67. The predicted octanol–water partition coefficient (Wildman–Crippen LogP) is 1.22. The molecule has 4 heterocycles. The summed E-state index contributed by atoms with van der Waals surface area (Å²) in [6, 6.07) is 22.3. The van der Waals surface area contributed by atoms with Crippen molar-refractivity contribution in [2.75, 3.05) is 0 Å². The van der Waals surface area contributed by atoms with E-state index < -0.39 is 0 Å². The molecule has 0 aliphatic rings. The average Bonchev–Trinajstić information content (AvgIpc) is 3.43. The third-order valence-electron chi connectivity index (χ3n) is 8.71. The molecule has 0 spiro atoms. The van der Waals surface area contributed by atoms with Crippen LogP contribution >= 0.6 is 0 Å². The van der Waals surface area contributed by atoms with Gasteiger partial charge in [0.05, 0.1) is 0 Å². The van der Waals surface area contributed by atoms with Gasteiger partial charge in [0.2, 0.25) is 11.4 Å². The van der Waals surface area contributed by atoms with Gasteiger partial charge < -0.3 is 57.1 Å². The van der Waals surface area contributed by atoms with E-state index >= 15 is 0 Å². The molecule has 0 bridgehead atoms. The van der Waals surface area contributed by atoms with Crippen LogP contribution in [0.5, 0.6) is 0 Å². The molecule has 40 heavy (non-hydrogen) atoms. The molecule has 4 aromatic heterocycles. The second-order valence-corrected chi connectivity index (χ2v) is 11.0. The Morgan fingerprint density at radius 1 is 0.500 bits per heavy atom. The monoisotopic (exact) mass is 758 g/mol. The van der Waals surface area contributed by atoms with Crippen molar-refractivity contribution in [2.24, 2.45) is 14.1 Å². The molecule has 0 N–H and O–H groups in total. The van der Waals surface area contributed by atoms with E-state index in [4.69, 9.17) is 0 Å². The molecule has 0 radical (unpaired) electrons. The second kappa shape index (κ2) is 13.2. The first-order chi connectivity index (χ1) is 18.6. The minimum Gasteiger partial charge on any atom is -1.00 e. The summed E-state index contributed by atoms with van der Waals surface area (Å²) in [5.41, 5.74) is 8.20. The number of unbranched alkanes of at least 4 members (excludes halogenated alkanes) is 5. The van der Waals surface area contributed by atoms with Gasteiger partial charge in [-0.05, 0) is 25.0 Å². The second-order valence-electron chi connectivity index (χ2n) is 11.0. The number of aryl methyl sites for hydroxylation is 6. The van der Waals surface area contributed by atoms with Gasteiger partial charge in [0.1, 0.15) is 25.1 Å². The fraction of sp³-hybridized carbons (Fsp3) is 0.353. The Balaban J connectivity index is 0.00000185. The summed E-state index contributed by atoms with van der Waals surface area (Å²) >= 11 is 0. The lowest BCUT2D eigenvalue weighted by Crippen LogP contribution is -3.00. The highest BCUT2D eigenvalue weighted by molar-refractivity contribution is 6.09. The molecule has 0 aliphatic carbocycles. The Morgan fingerprint density at radius 3 is 1.30 bits per heavy atom. The summed E-state index contributed by atoms with van der Waals surface area (Å²) in [6.07, 6.45) is 12.0. The first kappa shape index (κ1) is 30.8. The van der Waals surface area contributed by atoms with Gasteiger partial charge in [-0.15, -0.1) is 0 Å². The minimum atomic E-state index is 0. The summed E-state index contributed by atoms with van der Waals surface area (Å²) in [5, 5.41) is 5.51. The van der Waals surface area contributed by atoms with Crippen LogP contribution in [0, 0.1) is 13.8 Å². The van der Waals surface area contributed by atoms with Crippen LogP contribution < -0.4 is 57.1 Å². The third-order valence-corrected chi connectivity index (χ3v) is 8.71. The van der Waals surface area contributed by atoms with E-state index in [9.17, 15) is 0 Å². The molecule has 0 amide bonds. The Hall–Kier alpha value is -2.20. The van der Waals surface area contributed by atoms with E-state index in [0.717, 1.165) is 13.1 Å². The maximum Gasteiger partial charge on any atom is 0.202 e. The normalized spacial score (nSPS) is 11.4. The van der Waals surface area contributed by atoms with E-state index in [1.807, 2.05) is 0 Å². The highest BCUT2D eigenvalue weighted by atomic mass is 127. The summed E-state index contributed by atoms with van der Waals surface area (Å²) in [7, 11) is 4.30. The van der Waals surface area contributed by atoms with Crippen molar-refractivity contribution in [3.8, 4) is 0 Å². The number of para-hydroxylation sites is 2. The first-order valence-corrected chi connectivity index (χ1v) is 14.3. The predicted molar refractivity (Wildman–Crippen MR) is 158 cm³/mol. The standard InChI is InChI=1S/C34H40N4.2HI/c1-25-33-29(19-23-35(25)3)27-15-9-11-17-31(27)37(33)21-13-7-5-6-8-14-22-38-32-18-12-10-16-28(32)30-20-24-36(4)26(2)34(30)38;;/h9-12,15-20,23-24H,5-8,13-14,21-22H2,1-4H3;2*1H/q+2;;/p-2. The number of halogens is 2. The number of hydrogen-bond donors (Lipinski definition) is 0. The van der Waals surface area contributed by atoms with Crippen molar-refractivity contribution in [3.63, 3.8) is 0 Å². The molecular weight excluding hydrogens is 718 g/mol. The molecule has 6 heteroatoms. The number of fused-ring (bicyclic) bond motifs is 6. The Labute approximate surface area is 272 Å². The molecule has 0 saturated heterocycles. The number of aromatic nitrogens is 4. The number of benzene rings is 2. The summed E-state index contributed by atoms with van der Waals surface area (Å²) in [5.74, 6) is 0. The SMILES string of the molecule is Cc1c2c(cc[n+]1C)c1ccccc1n2CCCCCCCCn1c2ccccc2c2cc[n+](C)c(C)c21.[I-].[I-]. The van der Waals surface area contributed by atoms with E-state index in [-0.39, 0.29) is 48.0 Å². The van der Waals surface area contributed by atoms with Gasteiger partial charge in [-0.2, -0.15) is 0 Å². The maximum atomic E-state index is 2.56. The van der Waals surface area contributed by atoms with E-state index in [2.05, 4.69) is 119 Å². The molecule has 6 rings (SSSR count). The maximum absolute atomic E-state index is 2.56. The molecule has 6 aromatic rings. The van der Waals surface area contributed by atoms with Gasteiger partial charge in [0.15, 0.2) is 12.4 Å². The zero-order chi connectivity index (χ0) is 26.2. The van der Waals surface area contributed by atoms with Crippen molar-refractivity contribution in [3.05, 3.63) is 84.4 Å². The van der Waals surface area contributed by atoms with E-state index in [1.165, 1.54) is 93.5 Å². The Kier molecular flexibility index (Phi) is 10.1. The van der Waals surface area contributed by atoms with Crippen molar-refractivity contribution in [2.45, 2.75) is 65.5 Å². The van der Waals surface area contributed by atoms with Gasteiger partial charge >= 0.3 is 0 Å². The number of pyridine rings is 2. The highest BCUT2D eigenvalue weighted by Gasteiger charge is 2.18. The molecule has 4 nitrogen and oxygen atoms in total. The van der Waals surface area contributed by atoms with Crippen molar-refractivity contribution >= 4 is 43.6 Å². The van der Waals surface area contributed by atoms with Gasteiger partial charge in [-0.25, -0.2) is 9.13 Å². The topological polar surface area (TPSA) is 17.6 Å². The number of nitrogens with zero attached hydrogens (tertiary/aromatic N) is 4. The van der Waals surface area contributed by atoms with Crippen LogP contribution in [-0.2, 0) is 27.2 Å². The van der Waals surface area contributed by atoms with Crippen LogP contribution in [0.1, 0.15) is 49.9 Å². The van der Waals surface area contributed by atoms with Gasteiger partial charge in [-0.3, -0.25) is 0 Å². The number of rotatable bonds is 9. The van der Waals surface area contributed by atoms with Gasteiger partial charge in [-0.1, -0.05) is 62.1 Å². The fourth-order valence-corrected chi connectivity index (χ4v) is 6.42. The molecule has 210 valence electrons. The lowest BCUT2D eigenvalue weighted by atomic mass is 10.1. The van der Waals surface area contributed by atoms with Gasteiger partial charge in [0, 0.05) is 71.6 Å². The molecule has 0 atom stereocenters. The Bertz CT molecular complexity index is 1650. The van der Waals surface area contributed by atoms with Crippen LogP contribution in [0.2, 0.25) is 0 Å². The molecule has 0 fully saturated rings. The first-order valence-electron chi connectivity index (χ1n) is 14.3. The van der Waals surface area contributed by atoms with Crippen molar-refractivity contribution in [1.29, 1.82) is 0 Å². The van der Waals surface area contributed by atoms with Crippen LogP contribution in [0.4, 0.5) is 0 Å². The molecule has 0 saturated carbocycles. The number of hydrogen-bond acceptors (Lipinski definition) is 0. The van der Waals surface area contributed by atoms with Crippen LogP contribution in [0.3, 0.4) is 0 Å². The van der Waals surface area contributed by atoms with E-state index in [1.54, 1.807) is 0 Å². The van der Waals surface area contributed by atoms with Gasteiger partial charge in [0.25, 0.3) is 0 Å². The zero-order valence-corrected chi connectivity index (χ0v) is 28.4. The smallest absolute Gasteiger partial charge is 0.202 e. The fourth-order valence-electron chi connectivity index (χ4n) is 6.42. The zero-order valence-electron chi connectivity index (χ0n) is 24.1. The minimum absolute atomic E-state index is 0. The molecule has 0 unspecified atom stereocenters. The summed E-state index contributed by atoms with van der Waals surface area (Å²) < 4.78 is 9.61. The molecule has 2 aromatic carbocycles. The quantitative estimate of drug-likeness (QED) is 0.120. The van der Waals surface area contributed by atoms with Crippen LogP contribution in [0.15, 0.2) is 73.1 Å². The molecule has 0 aliphatic heterocycles. The van der Waals surface area contributed by atoms with Crippen LogP contribution in [0.25, 0.3) is 43.6 Å².